The molecule has 0 fully saturated rings. The topological polar surface area (TPSA) is 0 Å². The Morgan fingerprint density at radius 1 is 0.474 bits per heavy atom. The summed E-state index contributed by atoms with van der Waals surface area (Å²) < 4.78 is 1.40. The largest absolute Gasteiger partial charge is 1.00 e. The van der Waals surface area contributed by atoms with Crippen molar-refractivity contribution in [3.63, 3.8) is 0 Å². The molecule has 0 aromatic heterocycles. The predicted molar refractivity (Wildman–Crippen MR) is 84.0 cm³/mol. The summed E-state index contributed by atoms with van der Waals surface area (Å²) in [5.41, 5.74) is 0. The molecule has 0 aliphatic rings. The molecule has 0 saturated carbocycles. The van der Waals surface area contributed by atoms with Crippen molar-refractivity contribution in [1.29, 1.82) is 0 Å². The molecule has 2 heteroatoms. The maximum Gasteiger partial charge on any atom is 0.0786 e. The average molecular weight is 336 g/mol. The molecule has 0 aliphatic heterocycles. The molecular weight excluding hydrogens is 298 g/mol. The van der Waals surface area contributed by atoms with Crippen LogP contribution in [0.5, 0.6) is 0 Å². The lowest BCUT2D eigenvalue weighted by molar-refractivity contribution is -0.928. The third kappa shape index (κ3) is 10.8. The lowest BCUT2D eigenvalue weighted by atomic mass is 10.1. The zero-order valence-electron chi connectivity index (χ0n) is 14.0. The van der Waals surface area contributed by atoms with Gasteiger partial charge in [-0.1, -0.05) is 53.4 Å². The molecule has 0 bridgehead atoms. The molecule has 0 heterocycles. The van der Waals surface area contributed by atoms with Crippen LogP contribution in [0, 0.1) is 0 Å². The first-order chi connectivity index (χ1) is 8.74. The van der Waals surface area contributed by atoms with Gasteiger partial charge in [-0.2, -0.15) is 0 Å². The molecule has 0 aromatic rings. The highest BCUT2D eigenvalue weighted by Crippen LogP contribution is 2.15. The van der Waals surface area contributed by atoms with Crippen molar-refractivity contribution in [2.45, 2.75) is 85.5 Å². The third-order valence-corrected chi connectivity index (χ3v) is 4.08. The minimum atomic E-state index is 0. The zero-order valence-corrected chi connectivity index (χ0v) is 15.6. The molecule has 118 valence electrons. The monoisotopic (exact) mass is 335 g/mol. The summed E-state index contributed by atoms with van der Waals surface area (Å²) in [6.45, 7) is 15.0. The van der Waals surface area contributed by atoms with Crippen LogP contribution in [0.1, 0.15) is 85.5 Å². The molecule has 0 N–H and O–H groups in total. The van der Waals surface area contributed by atoms with Crippen LogP contribution in [0.4, 0.5) is 0 Å². The number of hydrogen-bond acceptors (Lipinski definition) is 0. The highest BCUT2D eigenvalue weighted by molar-refractivity contribution is 4.48. The van der Waals surface area contributed by atoms with Crippen LogP contribution in [0.25, 0.3) is 0 Å². The van der Waals surface area contributed by atoms with Gasteiger partial charge in [0.1, 0.15) is 0 Å². The second-order valence-electron chi connectivity index (χ2n) is 6.00. The summed E-state index contributed by atoms with van der Waals surface area (Å²) in [7, 11) is 0. The maximum atomic E-state index is 2.35. The Balaban J connectivity index is 0. The molecule has 0 amide bonds. The number of unbranched alkanes of at least 4 members (excludes halogenated alkanes) is 5. The molecule has 0 rings (SSSR count). The molecule has 0 spiro atoms. The van der Waals surface area contributed by atoms with Gasteiger partial charge in [0.25, 0.3) is 0 Å². The fourth-order valence-electron chi connectivity index (χ4n) is 3.32. The van der Waals surface area contributed by atoms with Crippen molar-refractivity contribution in [2.75, 3.05) is 26.2 Å². The first-order valence-corrected chi connectivity index (χ1v) is 8.59. The summed E-state index contributed by atoms with van der Waals surface area (Å²) in [5.74, 6) is 0. The summed E-state index contributed by atoms with van der Waals surface area (Å²) in [5, 5.41) is 0. The predicted octanol–water partition coefficient (Wildman–Crippen LogP) is 2.40. The Labute approximate surface area is 133 Å². The van der Waals surface area contributed by atoms with Crippen LogP contribution in [0.2, 0.25) is 0 Å². The second-order valence-corrected chi connectivity index (χ2v) is 6.00. The van der Waals surface area contributed by atoms with E-state index in [4.69, 9.17) is 0 Å². The van der Waals surface area contributed by atoms with Gasteiger partial charge < -0.3 is 21.5 Å². The average Bonchev–Trinajstić information content (AvgIpc) is 2.35. The normalized spacial score (nSPS) is 11.4. The van der Waals surface area contributed by atoms with E-state index in [1.54, 1.807) is 0 Å². The van der Waals surface area contributed by atoms with Crippen molar-refractivity contribution in [3.05, 3.63) is 0 Å². The number of rotatable bonds is 13. The number of halogens is 1. The van der Waals surface area contributed by atoms with Crippen LogP contribution in [0.3, 0.4) is 0 Å². The molecule has 0 atom stereocenters. The summed E-state index contributed by atoms with van der Waals surface area (Å²) >= 11 is 0. The minimum absolute atomic E-state index is 0. The van der Waals surface area contributed by atoms with E-state index in [0.29, 0.717) is 0 Å². The lowest BCUT2D eigenvalue weighted by Gasteiger charge is -2.38. The highest BCUT2D eigenvalue weighted by atomic mass is 79.9. The maximum absolute atomic E-state index is 2.35. The highest BCUT2D eigenvalue weighted by Gasteiger charge is 2.23. The fraction of sp³-hybridized carbons (Fsp3) is 1.00. The van der Waals surface area contributed by atoms with E-state index in [1.807, 2.05) is 0 Å². The molecule has 1 nitrogen and oxygen atoms in total. The SMILES string of the molecule is CCCCCCCC[N+](CCC)(CCC)CCC.[Br-]. The summed E-state index contributed by atoms with van der Waals surface area (Å²) in [6.07, 6.45) is 12.6. The van der Waals surface area contributed by atoms with E-state index in [1.165, 1.54) is 88.4 Å². The lowest BCUT2D eigenvalue weighted by Crippen LogP contribution is -3.00. The molecule has 0 aliphatic carbocycles. The van der Waals surface area contributed by atoms with E-state index >= 15 is 0 Å². The van der Waals surface area contributed by atoms with Crippen molar-refractivity contribution in [3.8, 4) is 0 Å². The molecule has 0 radical (unpaired) electrons. The van der Waals surface area contributed by atoms with Crippen LogP contribution < -0.4 is 17.0 Å². The smallest absolute Gasteiger partial charge is 0.0786 e. The van der Waals surface area contributed by atoms with E-state index in [9.17, 15) is 0 Å². The van der Waals surface area contributed by atoms with Gasteiger partial charge >= 0.3 is 0 Å². The van der Waals surface area contributed by atoms with Crippen LogP contribution >= 0.6 is 0 Å². The first-order valence-electron chi connectivity index (χ1n) is 8.59. The van der Waals surface area contributed by atoms with E-state index in [-0.39, 0.29) is 17.0 Å². The van der Waals surface area contributed by atoms with Gasteiger partial charge in [-0.25, -0.2) is 0 Å². The van der Waals surface area contributed by atoms with Gasteiger partial charge in [-0.05, 0) is 32.1 Å². The molecular formula is C17H38BrN. The summed E-state index contributed by atoms with van der Waals surface area (Å²) in [6, 6.07) is 0. The fourth-order valence-corrected chi connectivity index (χ4v) is 3.32. The van der Waals surface area contributed by atoms with Crippen molar-refractivity contribution >= 4 is 0 Å². The zero-order chi connectivity index (χ0) is 13.7. The Kier molecular flexibility index (Phi) is 17.0. The van der Waals surface area contributed by atoms with Gasteiger partial charge in [0.15, 0.2) is 0 Å². The third-order valence-electron chi connectivity index (χ3n) is 4.08. The number of quaternary nitrogens is 1. The van der Waals surface area contributed by atoms with Crippen LogP contribution in [-0.2, 0) is 0 Å². The molecule has 0 saturated heterocycles. The first kappa shape index (κ1) is 21.7. The Morgan fingerprint density at radius 2 is 0.895 bits per heavy atom. The number of hydrogen-bond donors (Lipinski definition) is 0. The van der Waals surface area contributed by atoms with Gasteiger partial charge in [-0.3, -0.25) is 0 Å². The van der Waals surface area contributed by atoms with Crippen LogP contribution in [0.15, 0.2) is 0 Å². The minimum Gasteiger partial charge on any atom is -1.00 e. The molecule has 0 unspecified atom stereocenters. The number of nitrogens with zero attached hydrogens (tertiary/aromatic N) is 1. The molecule has 0 aromatic carbocycles. The Hall–Kier alpha value is 0.440. The van der Waals surface area contributed by atoms with E-state index in [2.05, 4.69) is 27.7 Å². The van der Waals surface area contributed by atoms with Crippen LogP contribution in [-0.4, -0.2) is 30.7 Å². The van der Waals surface area contributed by atoms with Gasteiger partial charge in [0.05, 0.1) is 26.2 Å². The standard InChI is InChI=1S/C17H38N.BrH/c1-5-9-10-11-12-13-17-18(14-6-2,15-7-3)16-8-4;/h5-17H2,1-4H3;1H/q+1;/p-1. The van der Waals surface area contributed by atoms with Crippen molar-refractivity contribution in [2.24, 2.45) is 0 Å². The van der Waals surface area contributed by atoms with E-state index < -0.39 is 0 Å². The van der Waals surface area contributed by atoms with Gasteiger partial charge in [-0.15, -0.1) is 0 Å². The molecule has 19 heavy (non-hydrogen) atoms. The van der Waals surface area contributed by atoms with E-state index in [0.717, 1.165) is 0 Å². The van der Waals surface area contributed by atoms with Crippen molar-refractivity contribution in [1.82, 2.24) is 0 Å². The summed E-state index contributed by atoms with van der Waals surface area (Å²) in [4.78, 5) is 0. The van der Waals surface area contributed by atoms with Gasteiger partial charge in [0, 0.05) is 0 Å². The van der Waals surface area contributed by atoms with Gasteiger partial charge in [0.2, 0.25) is 0 Å². The quantitative estimate of drug-likeness (QED) is 0.358. The Bertz CT molecular complexity index is 154. The van der Waals surface area contributed by atoms with Crippen molar-refractivity contribution < 1.29 is 21.5 Å². The second kappa shape index (κ2) is 14.8. The Morgan fingerprint density at radius 3 is 1.32 bits per heavy atom.